The number of carboxylic acid groups (broad SMARTS) is 4. The Morgan fingerprint density at radius 2 is 1.25 bits per heavy atom. The third-order valence-electron chi connectivity index (χ3n) is 7.18. The molecule has 0 aliphatic heterocycles. The first-order valence-electron chi connectivity index (χ1n) is 16.0. The van der Waals surface area contributed by atoms with E-state index in [-0.39, 0.29) is 64.4 Å². The molecule has 0 spiro atoms. The van der Waals surface area contributed by atoms with E-state index in [9.17, 15) is 48.3 Å². The van der Waals surface area contributed by atoms with Crippen molar-refractivity contribution in [3.05, 3.63) is 35.9 Å². The van der Waals surface area contributed by atoms with Crippen LogP contribution in [0.2, 0.25) is 0 Å². The van der Waals surface area contributed by atoms with Gasteiger partial charge in [0.1, 0.15) is 12.1 Å². The SMILES string of the molecule is O=C(O)CC[C@@H](NC(=O)N[C@H](CCC(=O)NCCOCCOCCC(=O)NC(Cc1ccccc1)C(=O)CC(CS)C(=O)C(=O)O)C(=O)O)C(=O)O. The molecule has 19 nitrogen and oxygen atoms in total. The maximum Gasteiger partial charge on any atom is 0.372 e. The number of ether oxygens (including phenoxy) is 2. The number of carbonyl (C=O) groups excluding carboxylic acids is 5. The van der Waals surface area contributed by atoms with Crippen LogP contribution in [0, 0.1) is 5.92 Å². The van der Waals surface area contributed by atoms with Gasteiger partial charge < -0.3 is 51.2 Å². The van der Waals surface area contributed by atoms with Gasteiger partial charge in [0.15, 0.2) is 5.78 Å². The highest BCUT2D eigenvalue weighted by molar-refractivity contribution is 7.80. The average molecular weight is 757 g/mol. The van der Waals surface area contributed by atoms with Crippen molar-refractivity contribution in [1.29, 1.82) is 0 Å². The molecule has 0 aromatic heterocycles. The van der Waals surface area contributed by atoms with Gasteiger partial charge in [-0.15, -0.1) is 0 Å². The number of carbonyl (C=O) groups is 9. The van der Waals surface area contributed by atoms with Gasteiger partial charge >= 0.3 is 29.9 Å². The Labute approximate surface area is 303 Å². The van der Waals surface area contributed by atoms with Gasteiger partial charge in [0, 0.05) is 43.9 Å². The van der Waals surface area contributed by atoms with E-state index in [2.05, 4.69) is 23.3 Å². The Balaban J connectivity index is 2.37. The maximum absolute atomic E-state index is 13.0. The van der Waals surface area contributed by atoms with Crippen LogP contribution >= 0.6 is 12.6 Å². The lowest BCUT2D eigenvalue weighted by Gasteiger charge is -2.20. The fourth-order valence-electron chi connectivity index (χ4n) is 4.42. The fourth-order valence-corrected chi connectivity index (χ4v) is 4.71. The van der Waals surface area contributed by atoms with Crippen LogP contribution in [0.3, 0.4) is 0 Å². The van der Waals surface area contributed by atoms with Crippen LogP contribution in [0.15, 0.2) is 30.3 Å². The summed E-state index contributed by atoms with van der Waals surface area (Å²) in [6.45, 7) is 0.276. The van der Waals surface area contributed by atoms with Crippen molar-refractivity contribution in [3.63, 3.8) is 0 Å². The zero-order chi connectivity index (χ0) is 39.1. The minimum Gasteiger partial charge on any atom is -0.481 e. The molecule has 0 bridgehead atoms. The molecule has 0 fully saturated rings. The highest BCUT2D eigenvalue weighted by atomic mass is 32.1. The van der Waals surface area contributed by atoms with Crippen LogP contribution in [0.25, 0.3) is 0 Å². The highest BCUT2D eigenvalue weighted by Crippen LogP contribution is 2.13. The number of carboxylic acids is 4. The van der Waals surface area contributed by atoms with Crippen molar-refractivity contribution in [3.8, 4) is 0 Å². The molecular weight excluding hydrogens is 712 g/mol. The van der Waals surface area contributed by atoms with Crippen molar-refractivity contribution in [2.75, 3.05) is 38.7 Å². The quantitative estimate of drug-likeness (QED) is 0.0289. The van der Waals surface area contributed by atoms with Crippen LogP contribution in [0.5, 0.6) is 0 Å². The molecule has 0 saturated carbocycles. The van der Waals surface area contributed by atoms with E-state index in [1.165, 1.54) is 0 Å². The fraction of sp³-hybridized carbons (Fsp3) is 0.531. The van der Waals surface area contributed by atoms with Gasteiger partial charge in [0.2, 0.25) is 17.6 Å². The normalized spacial score (nSPS) is 13.0. The standard InChI is InChI=1S/C32H44N4O15S/c37-24(17-20(18-52)28(42)31(47)48)23(16-19-4-2-1-3-5-19)34-26(39)10-12-50-14-15-51-13-11-33-25(38)8-6-21(29(43)44)35-32(49)36-22(30(45)46)7-9-27(40)41/h1-5,20-23,52H,6-18H2,(H,33,38)(H,34,39)(H,40,41)(H,43,44)(H,45,46)(H,47,48)(H2,35,36,49)/t20?,21-,22-,23?/m1/s1. The van der Waals surface area contributed by atoms with E-state index in [0.29, 0.717) is 0 Å². The molecule has 1 aromatic carbocycles. The second-order valence-electron chi connectivity index (χ2n) is 11.2. The lowest BCUT2D eigenvalue weighted by molar-refractivity contribution is -0.151. The number of ketones is 2. The van der Waals surface area contributed by atoms with E-state index in [1.54, 1.807) is 30.3 Å². The lowest BCUT2D eigenvalue weighted by Crippen LogP contribution is -2.51. The number of rotatable bonds is 28. The number of nitrogens with one attached hydrogen (secondary N) is 4. The Kier molecular flexibility index (Phi) is 21.6. The molecule has 52 heavy (non-hydrogen) atoms. The summed E-state index contributed by atoms with van der Waals surface area (Å²) >= 11 is 3.99. The van der Waals surface area contributed by atoms with Crippen LogP contribution in [0.4, 0.5) is 4.79 Å². The molecule has 4 atom stereocenters. The second-order valence-corrected chi connectivity index (χ2v) is 11.6. The minimum absolute atomic E-state index is 0.0228. The third kappa shape index (κ3) is 19.3. The van der Waals surface area contributed by atoms with Gasteiger partial charge in [-0.1, -0.05) is 30.3 Å². The van der Waals surface area contributed by atoms with E-state index in [4.69, 9.17) is 24.8 Å². The van der Waals surface area contributed by atoms with Gasteiger partial charge in [0.25, 0.3) is 0 Å². The molecule has 0 saturated heterocycles. The number of aliphatic carboxylic acids is 4. The van der Waals surface area contributed by atoms with Crippen molar-refractivity contribution in [2.24, 2.45) is 5.92 Å². The summed E-state index contributed by atoms with van der Waals surface area (Å²) in [5, 5.41) is 45.3. The Morgan fingerprint density at radius 3 is 1.79 bits per heavy atom. The first-order chi connectivity index (χ1) is 24.6. The van der Waals surface area contributed by atoms with Gasteiger partial charge in [0.05, 0.1) is 32.5 Å². The van der Waals surface area contributed by atoms with Crippen molar-refractivity contribution in [2.45, 2.75) is 63.1 Å². The molecule has 20 heteroatoms. The first kappa shape index (κ1) is 44.9. The monoisotopic (exact) mass is 756 g/mol. The van der Waals surface area contributed by atoms with E-state index < -0.39 is 96.6 Å². The largest absolute Gasteiger partial charge is 0.481 e. The van der Waals surface area contributed by atoms with Gasteiger partial charge in [-0.05, 0) is 24.8 Å². The smallest absolute Gasteiger partial charge is 0.372 e. The van der Waals surface area contributed by atoms with Crippen LogP contribution in [0.1, 0.15) is 44.1 Å². The van der Waals surface area contributed by atoms with Gasteiger partial charge in [-0.3, -0.25) is 24.0 Å². The summed E-state index contributed by atoms with van der Waals surface area (Å²) in [7, 11) is 0. The molecule has 0 heterocycles. The average Bonchev–Trinajstić information content (AvgIpc) is 3.09. The van der Waals surface area contributed by atoms with E-state index in [1.807, 2.05) is 10.6 Å². The number of Topliss-reactive ketones (excluding diaryl/α,β-unsaturated/α-hetero) is 2. The molecule has 4 amide bonds. The zero-order valence-corrected chi connectivity index (χ0v) is 29.0. The summed E-state index contributed by atoms with van der Waals surface area (Å²) in [6.07, 6.45) is -2.00. The third-order valence-corrected chi connectivity index (χ3v) is 7.62. The minimum atomic E-state index is -1.67. The van der Waals surface area contributed by atoms with Crippen molar-refractivity contribution < 1.29 is 73.1 Å². The topological polar surface area (TPSA) is 301 Å². The van der Waals surface area contributed by atoms with Crippen LogP contribution in [-0.4, -0.2) is 131 Å². The summed E-state index contributed by atoms with van der Waals surface area (Å²) < 4.78 is 10.7. The summed E-state index contributed by atoms with van der Waals surface area (Å²) in [4.78, 5) is 106. The maximum atomic E-state index is 13.0. The summed E-state index contributed by atoms with van der Waals surface area (Å²) in [5.41, 5.74) is 0.740. The van der Waals surface area contributed by atoms with E-state index in [0.717, 1.165) is 5.56 Å². The molecular formula is C32H44N4O15S. The van der Waals surface area contributed by atoms with Crippen LogP contribution in [-0.2, 0) is 54.3 Å². The number of benzene rings is 1. The summed E-state index contributed by atoms with van der Waals surface area (Å²) in [6, 6.07) is 3.53. The second kappa shape index (κ2) is 25.0. The van der Waals surface area contributed by atoms with E-state index >= 15 is 0 Å². The van der Waals surface area contributed by atoms with Crippen LogP contribution < -0.4 is 21.3 Å². The zero-order valence-electron chi connectivity index (χ0n) is 28.1. The number of hydrogen-bond donors (Lipinski definition) is 9. The number of thiol groups is 1. The number of amides is 4. The Morgan fingerprint density at radius 1 is 0.673 bits per heavy atom. The predicted octanol–water partition coefficient (Wildman–Crippen LogP) is -0.737. The highest BCUT2D eigenvalue weighted by Gasteiger charge is 2.30. The number of urea groups is 1. The molecule has 0 radical (unpaired) electrons. The Bertz CT molecular complexity index is 1390. The van der Waals surface area contributed by atoms with Gasteiger partial charge in [-0.25, -0.2) is 19.2 Å². The molecule has 288 valence electrons. The molecule has 1 rings (SSSR count). The predicted molar refractivity (Wildman–Crippen MR) is 182 cm³/mol. The Hall–Kier alpha value is -5.08. The number of hydrogen-bond acceptors (Lipinski definition) is 12. The first-order valence-corrected chi connectivity index (χ1v) is 16.7. The van der Waals surface area contributed by atoms with Crippen molar-refractivity contribution in [1.82, 2.24) is 21.3 Å². The molecule has 2 unspecified atom stereocenters. The summed E-state index contributed by atoms with van der Waals surface area (Å²) in [5.74, 6) is -9.95. The molecule has 0 aliphatic carbocycles. The molecule has 8 N–H and O–H groups in total. The lowest BCUT2D eigenvalue weighted by atomic mass is 9.93. The molecule has 0 aliphatic rings. The molecule has 1 aromatic rings. The van der Waals surface area contributed by atoms with Crippen molar-refractivity contribution >= 4 is 65.9 Å². The van der Waals surface area contributed by atoms with Gasteiger partial charge in [-0.2, -0.15) is 12.6 Å².